The molecule has 0 radical (unpaired) electrons. The van der Waals surface area contributed by atoms with Crippen LogP contribution >= 0.6 is 0 Å². The molecule has 1 aliphatic carbocycles. The number of aliphatic carboxylic acids is 1. The SMILES string of the molecule is CCOC(Cc1ccc(OCCN(CCCc2ccc(F)cc2)C(=O)Nc2ccc3c(c2)CCC3)cc1)C(=O)O. The van der Waals surface area contributed by atoms with Crippen molar-refractivity contribution < 1.29 is 28.6 Å². The highest BCUT2D eigenvalue weighted by Crippen LogP contribution is 2.25. The minimum atomic E-state index is -0.986. The maximum absolute atomic E-state index is 13.2. The number of carbonyl (C=O) groups excluding carboxylic acids is 1. The Morgan fingerprint density at radius 2 is 1.70 bits per heavy atom. The van der Waals surface area contributed by atoms with Crippen molar-refractivity contribution >= 4 is 17.7 Å². The second kappa shape index (κ2) is 14.5. The van der Waals surface area contributed by atoms with Crippen LogP contribution in [0.3, 0.4) is 0 Å². The van der Waals surface area contributed by atoms with Crippen LogP contribution in [0.1, 0.15) is 42.0 Å². The topological polar surface area (TPSA) is 88.1 Å². The van der Waals surface area contributed by atoms with Crippen LogP contribution in [-0.2, 0) is 35.2 Å². The summed E-state index contributed by atoms with van der Waals surface area (Å²) < 4.78 is 24.5. The summed E-state index contributed by atoms with van der Waals surface area (Å²) in [5.41, 5.74) is 5.29. The Kier molecular flexibility index (Phi) is 10.5. The predicted octanol–water partition coefficient (Wildman–Crippen LogP) is 5.89. The van der Waals surface area contributed by atoms with E-state index < -0.39 is 12.1 Å². The van der Waals surface area contributed by atoms with Crippen molar-refractivity contribution in [1.82, 2.24) is 4.90 Å². The van der Waals surface area contributed by atoms with Crippen LogP contribution in [0.5, 0.6) is 5.75 Å². The zero-order valence-corrected chi connectivity index (χ0v) is 22.9. The molecule has 0 saturated heterocycles. The lowest BCUT2D eigenvalue weighted by atomic mass is 10.1. The molecule has 1 unspecified atom stereocenters. The molecule has 3 aromatic rings. The average molecular weight is 549 g/mol. The summed E-state index contributed by atoms with van der Waals surface area (Å²) in [6.07, 6.45) is 4.11. The van der Waals surface area contributed by atoms with E-state index in [0.717, 1.165) is 48.9 Å². The molecule has 4 rings (SSSR count). The van der Waals surface area contributed by atoms with Gasteiger partial charge in [-0.2, -0.15) is 0 Å². The molecule has 0 aromatic heterocycles. The van der Waals surface area contributed by atoms with Gasteiger partial charge < -0.3 is 24.8 Å². The lowest BCUT2D eigenvalue weighted by molar-refractivity contribution is -0.149. The number of carbonyl (C=O) groups is 2. The number of hydrogen-bond donors (Lipinski definition) is 2. The third-order valence-electron chi connectivity index (χ3n) is 7.06. The summed E-state index contributed by atoms with van der Waals surface area (Å²) in [4.78, 5) is 26.3. The zero-order chi connectivity index (χ0) is 28.3. The number of carboxylic acids is 1. The minimum absolute atomic E-state index is 0.188. The number of nitrogens with one attached hydrogen (secondary N) is 1. The highest BCUT2D eigenvalue weighted by atomic mass is 19.1. The van der Waals surface area contributed by atoms with Gasteiger partial charge in [-0.15, -0.1) is 0 Å². The zero-order valence-electron chi connectivity index (χ0n) is 22.9. The highest BCUT2D eigenvalue weighted by molar-refractivity contribution is 5.89. The summed E-state index contributed by atoms with van der Waals surface area (Å²) in [6.45, 7) is 3.30. The van der Waals surface area contributed by atoms with Gasteiger partial charge in [0, 0.05) is 25.3 Å². The second-order valence-corrected chi connectivity index (χ2v) is 9.96. The lowest BCUT2D eigenvalue weighted by Gasteiger charge is -2.23. The molecule has 0 heterocycles. The van der Waals surface area contributed by atoms with E-state index in [0.29, 0.717) is 32.1 Å². The number of benzene rings is 3. The standard InChI is InChI=1S/C32H37FN2O5/c1-2-39-30(31(36)37)21-24-10-16-29(17-11-24)40-20-19-35(18-4-5-23-8-13-27(33)14-9-23)32(38)34-28-15-12-25-6-3-7-26(25)22-28/h8-17,22,30H,2-7,18-21H2,1H3,(H,34,38)(H,36,37). The van der Waals surface area contributed by atoms with Gasteiger partial charge in [0.25, 0.3) is 0 Å². The van der Waals surface area contributed by atoms with Crippen molar-refractivity contribution in [2.24, 2.45) is 0 Å². The number of hydrogen-bond acceptors (Lipinski definition) is 4. The van der Waals surface area contributed by atoms with E-state index in [1.807, 2.05) is 18.2 Å². The van der Waals surface area contributed by atoms with Crippen LogP contribution in [0.15, 0.2) is 66.7 Å². The smallest absolute Gasteiger partial charge is 0.333 e. The van der Waals surface area contributed by atoms with Crippen LogP contribution in [0.25, 0.3) is 0 Å². The van der Waals surface area contributed by atoms with Crippen LogP contribution in [0.4, 0.5) is 14.9 Å². The monoisotopic (exact) mass is 548 g/mol. The molecule has 8 heteroatoms. The molecule has 2 N–H and O–H groups in total. The Balaban J connectivity index is 1.33. The Bertz CT molecular complexity index is 1260. The van der Waals surface area contributed by atoms with Gasteiger partial charge in [0.15, 0.2) is 6.10 Å². The maximum Gasteiger partial charge on any atom is 0.333 e. The first-order valence-corrected chi connectivity index (χ1v) is 13.9. The molecular weight excluding hydrogens is 511 g/mol. The Morgan fingerprint density at radius 3 is 2.42 bits per heavy atom. The van der Waals surface area contributed by atoms with Crippen molar-refractivity contribution in [3.63, 3.8) is 0 Å². The van der Waals surface area contributed by atoms with Crippen LogP contribution in [-0.4, -0.2) is 54.4 Å². The van der Waals surface area contributed by atoms with Crippen molar-refractivity contribution in [3.05, 3.63) is 94.8 Å². The molecule has 0 spiro atoms. The van der Waals surface area contributed by atoms with Crippen molar-refractivity contribution in [3.8, 4) is 5.75 Å². The van der Waals surface area contributed by atoms with Crippen molar-refractivity contribution in [2.45, 2.75) is 51.6 Å². The largest absolute Gasteiger partial charge is 0.492 e. The van der Waals surface area contributed by atoms with Crippen LogP contribution in [0, 0.1) is 5.82 Å². The first-order chi connectivity index (χ1) is 19.4. The summed E-state index contributed by atoms with van der Waals surface area (Å²) in [7, 11) is 0. The molecule has 7 nitrogen and oxygen atoms in total. The van der Waals surface area contributed by atoms with Gasteiger partial charge in [0.2, 0.25) is 0 Å². The van der Waals surface area contributed by atoms with E-state index in [1.165, 1.54) is 23.3 Å². The number of anilines is 1. The maximum atomic E-state index is 13.2. The summed E-state index contributed by atoms with van der Waals surface area (Å²) in [5, 5.41) is 12.3. The van der Waals surface area contributed by atoms with Gasteiger partial charge in [0.05, 0.1) is 6.54 Å². The van der Waals surface area contributed by atoms with Gasteiger partial charge in [-0.25, -0.2) is 14.0 Å². The van der Waals surface area contributed by atoms with E-state index in [2.05, 4.69) is 17.4 Å². The average Bonchev–Trinajstić information content (AvgIpc) is 3.42. The third kappa shape index (κ3) is 8.55. The van der Waals surface area contributed by atoms with Gasteiger partial charge >= 0.3 is 12.0 Å². The van der Waals surface area contributed by atoms with Crippen molar-refractivity contribution in [2.75, 3.05) is 31.6 Å². The second-order valence-electron chi connectivity index (χ2n) is 9.96. The number of rotatable bonds is 14. The first kappa shape index (κ1) is 29.1. The van der Waals surface area contributed by atoms with Crippen LogP contribution in [0.2, 0.25) is 0 Å². The number of urea groups is 1. The van der Waals surface area contributed by atoms with Crippen molar-refractivity contribution in [1.29, 1.82) is 0 Å². The summed E-state index contributed by atoms with van der Waals surface area (Å²) in [5.74, 6) is -0.613. The normalized spacial score (nSPS) is 12.9. The van der Waals surface area contributed by atoms with E-state index >= 15 is 0 Å². The number of amides is 2. The molecule has 3 aromatic carbocycles. The number of nitrogens with zero attached hydrogens (tertiary/aromatic N) is 1. The highest BCUT2D eigenvalue weighted by Gasteiger charge is 2.18. The lowest BCUT2D eigenvalue weighted by Crippen LogP contribution is -2.38. The molecular formula is C32H37FN2O5. The quantitative estimate of drug-likeness (QED) is 0.262. The molecule has 40 heavy (non-hydrogen) atoms. The van der Waals surface area contributed by atoms with Crippen LogP contribution < -0.4 is 10.1 Å². The molecule has 212 valence electrons. The number of carboxylic acid groups (broad SMARTS) is 1. The fourth-order valence-electron chi connectivity index (χ4n) is 4.92. The Morgan fingerprint density at radius 1 is 0.975 bits per heavy atom. The molecule has 0 fully saturated rings. The van der Waals surface area contributed by atoms with Gasteiger partial charge in [0.1, 0.15) is 18.2 Å². The number of aryl methyl sites for hydroxylation is 3. The fourth-order valence-corrected chi connectivity index (χ4v) is 4.92. The number of halogens is 1. The Labute approximate surface area is 234 Å². The fraction of sp³-hybridized carbons (Fsp3) is 0.375. The van der Waals surface area contributed by atoms with E-state index in [-0.39, 0.29) is 18.3 Å². The molecule has 0 aliphatic heterocycles. The van der Waals surface area contributed by atoms with E-state index in [9.17, 15) is 19.1 Å². The Hall–Kier alpha value is -3.91. The molecule has 0 bridgehead atoms. The van der Waals surface area contributed by atoms with Gasteiger partial charge in [-0.05, 0) is 97.7 Å². The minimum Gasteiger partial charge on any atom is -0.492 e. The summed E-state index contributed by atoms with van der Waals surface area (Å²) in [6, 6.07) is 19.6. The molecule has 1 aliphatic rings. The van der Waals surface area contributed by atoms with Gasteiger partial charge in [-0.1, -0.05) is 30.3 Å². The number of fused-ring (bicyclic) bond motifs is 1. The predicted molar refractivity (Wildman–Crippen MR) is 152 cm³/mol. The third-order valence-corrected chi connectivity index (χ3v) is 7.06. The molecule has 2 amide bonds. The molecule has 1 atom stereocenters. The van der Waals surface area contributed by atoms with Gasteiger partial charge in [-0.3, -0.25) is 0 Å². The van der Waals surface area contributed by atoms with E-state index in [1.54, 1.807) is 36.1 Å². The first-order valence-electron chi connectivity index (χ1n) is 13.9. The van der Waals surface area contributed by atoms with E-state index in [4.69, 9.17) is 9.47 Å². The number of ether oxygens (including phenoxy) is 2. The molecule has 0 saturated carbocycles. The summed E-state index contributed by atoms with van der Waals surface area (Å²) >= 11 is 0.